The molecule has 3 aromatic rings. The van der Waals surface area contributed by atoms with Gasteiger partial charge in [0.2, 0.25) is 11.8 Å². The summed E-state index contributed by atoms with van der Waals surface area (Å²) in [6.45, 7) is 2.81. The molecule has 0 radical (unpaired) electrons. The molecule has 7 rings (SSSR count). The second kappa shape index (κ2) is 12.2. The van der Waals surface area contributed by atoms with Crippen molar-refractivity contribution in [1.82, 2.24) is 15.1 Å². The number of benzene rings is 3. The van der Waals surface area contributed by atoms with Gasteiger partial charge in [-0.25, -0.2) is 4.79 Å². The summed E-state index contributed by atoms with van der Waals surface area (Å²) in [5, 5.41) is 7.24. The monoisotopic (exact) mass is 656 g/mol. The number of anilines is 1. The number of amides is 4. The third kappa shape index (κ3) is 5.26. The van der Waals surface area contributed by atoms with Gasteiger partial charge in [-0.1, -0.05) is 47.3 Å². The van der Waals surface area contributed by atoms with E-state index >= 15 is 0 Å². The lowest BCUT2D eigenvalue weighted by atomic mass is 9.59. The third-order valence-electron chi connectivity index (χ3n) is 9.87. The minimum Gasteiger partial charge on any atom is -0.490 e. The molecule has 3 fully saturated rings. The van der Waals surface area contributed by atoms with Gasteiger partial charge in [0, 0.05) is 78.2 Å². The molecule has 236 valence electrons. The Balaban J connectivity index is 1.29. The molecule has 0 bridgehead atoms. The molecule has 0 aromatic heterocycles. The van der Waals surface area contributed by atoms with Crippen molar-refractivity contribution in [3.63, 3.8) is 0 Å². The van der Waals surface area contributed by atoms with Crippen molar-refractivity contribution < 1.29 is 19.1 Å². The van der Waals surface area contributed by atoms with E-state index in [4.69, 9.17) is 34.4 Å². The summed E-state index contributed by atoms with van der Waals surface area (Å²) in [5.41, 5.74) is 2.03. The van der Waals surface area contributed by atoms with Crippen LogP contribution in [0.4, 0.5) is 10.5 Å². The fraction of sp³-hybridized carbons (Fsp3) is 0.361. The smallest absolute Gasteiger partial charge is 0.320 e. The molecule has 4 aliphatic rings. The van der Waals surface area contributed by atoms with E-state index in [-0.39, 0.29) is 30.4 Å². The Morgan fingerprint density at radius 2 is 1.67 bits per heavy atom. The first-order valence-electron chi connectivity index (χ1n) is 15.8. The first kappa shape index (κ1) is 30.5. The van der Waals surface area contributed by atoms with Gasteiger partial charge in [-0.3, -0.25) is 9.59 Å². The normalized spacial score (nSPS) is 24.4. The van der Waals surface area contributed by atoms with Crippen LogP contribution >= 0.6 is 23.2 Å². The van der Waals surface area contributed by atoms with E-state index in [1.807, 2.05) is 46.2 Å². The Kier molecular flexibility index (Phi) is 8.08. The molecule has 1 spiro atoms. The molecule has 3 aromatic carbocycles. The lowest BCUT2D eigenvalue weighted by molar-refractivity contribution is -0.131. The molecule has 2 N–H and O–H groups in total. The number of halogens is 2. The van der Waals surface area contributed by atoms with Crippen LogP contribution in [0.1, 0.15) is 66.3 Å². The number of carbonyl (C=O) groups is 3. The van der Waals surface area contributed by atoms with E-state index in [9.17, 15) is 14.4 Å². The highest BCUT2D eigenvalue weighted by Crippen LogP contribution is 2.58. The molecule has 4 aliphatic heterocycles. The van der Waals surface area contributed by atoms with Gasteiger partial charge in [0.15, 0.2) is 0 Å². The summed E-state index contributed by atoms with van der Waals surface area (Å²) in [6, 6.07) is 17.4. The Hall–Kier alpha value is -4.19. The number of carbonyl (C=O) groups excluding carboxylic acids is 3. The van der Waals surface area contributed by atoms with Crippen LogP contribution in [0.3, 0.4) is 0 Å². The standard InChI is InChI=1S/C36H34Cl2N4O4/c1-2-22-8-11-31(46-26-12-16-42(17-13-26)35(45)41-14-3-4-15-41)27(18-22)33-36(28-10-9-25(38)20-30(28)39-34(36)44)29(21-32(43)40-33)23-6-5-7-24(37)19-23/h1,5-11,18-20,26,29,33H,3-4,12-17,21H2,(H,39,44)(H,40,43)/t29-,33+,36?/m0/s1. The molecule has 0 aliphatic carbocycles. The highest BCUT2D eigenvalue weighted by atomic mass is 35.5. The summed E-state index contributed by atoms with van der Waals surface area (Å²) in [6.07, 6.45) is 9.20. The first-order chi connectivity index (χ1) is 22.3. The maximum absolute atomic E-state index is 14.5. The van der Waals surface area contributed by atoms with Crippen molar-refractivity contribution in [3.8, 4) is 18.1 Å². The maximum Gasteiger partial charge on any atom is 0.320 e. The molecule has 0 saturated carbocycles. The van der Waals surface area contributed by atoms with Gasteiger partial charge in [0.05, 0.1) is 6.04 Å². The summed E-state index contributed by atoms with van der Waals surface area (Å²) in [5.74, 6) is 2.22. The number of urea groups is 1. The zero-order chi connectivity index (χ0) is 32.0. The number of rotatable bonds is 4. The number of terminal acetylenes is 1. The molecule has 10 heteroatoms. The van der Waals surface area contributed by atoms with Crippen molar-refractivity contribution in [2.75, 3.05) is 31.5 Å². The summed E-state index contributed by atoms with van der Waals surface area (Å²) < 4.78 is 6.69. The van der Waals surface area contributed by atoms with Crippen LogP contribution in [-0.2, 0) is 15.0 Å². The minimum atomic E-state index is -1.27. The average molecular weight is 658 g/mol. The highest BCUT2D eigenvalue weighted by Gasteiger charge is 2.61. The van der Waals surface area contributed by atoms with Crippen molar-refractivity contribution in [2.24, 2.45) is 0 Å². The van der Waals surface area contributed by atoms with Gasteiger partial charge in [0.25, 0.3) is 0 Å². The molecule has 46 heavy (non-hydrogen) atoms. The number of fused-ring (bicyclic) bond motifs is 2. The van der Waals surface area contributed by atoms with Crippen molar-refractivity contribution >= 4 is 46.7 Å². The van der Waals surface area contributed by atoms with Crippen LogP contribution in [0.15, 0.2) is 60.7 Å². The van der Waals surface area contributed by atoms with E-state index in [2.05, 4.69) is 16.6 Å². The van der Waals surface area contributed by atoms with Crippen LogP contribution in [0, 0.1) is 12.3 Å². The van der Waals surface area contributed by atoms with Gasteiger partial charge in [0.1, 0.15) is 17.3 Å². The Bertz CT molecular complexity index is 1760. The van der Waals surface area contributed by atoms with Gasteiger partial charge >= 0.3 is 6.03 Å². The zero-order valence-corrected chi connectivity index (χ0v) is 26.7. The maximum atomic E-state index is 14.5. The largest absolute Gasteiger partial charge is 0.490 e. The molecule has 8 nitrogen and oxygen atoms in total. The zero-order valence-electron chi connectivity index (χ0n) is 25.2. The molecule has 1 unspecified atom stereocenters. The van der Waals surface area contributed by atoms with Crippen molar-refractivity contribution in [3.05, 3.63) is 93.0 Å². The number of likely N-dealkylation sites (tertiary alicyclic amines) is 2. The van der Waals surface area contributed by atoms with Crippen molar-refractivity contribution in [2.45, 2.75) is 55.6 Å². The number of nitrogens with zero attached hydrogens (tertiary/aromatic N) is 2. The molecular weight excluding hydrogens is 623 g/mol. The van der Waals surface area contributed by atoms with E-state index in [1.165, 1.54) is 0 Å². The van der Waals surface area contributed by atoms with Crippen LogP contribution in [0.25, 0.3) is 0 Å². The van der Waals surface area contributed by atoms with Gasteiger partial charge in [-0.15, -0.1) is 6.42 Å². The fourth-order valence-electron chi connectivity index (χ4n) is 7.69. The van der Waals surface area contributed by atoms with E-state index < -0.39 is 17.4 Å². The molecule has 3 saturated heterocycles. The average Bonchev–Trinajstić information content (AvgIpc) is 3.69. The van der Waals surface area contributed by atoms with Crippen molar-refractivity contribution in [1.29, 1.82) is 0 Å². The van der Waals surface area contributed by atoms with Crippen LogP contribution in [0.2, 0.25) is 10.0 Å². The number of piperidine rings is 2. The van der Waals surface area contributed by atoms with Gasteiger partial charge in [-0.05, 0) is 66.4 Å². The van der Waals surface area contributed by atoms with Gasteiger partial charge < -0.3 is 25.2 Å². The minimum absolute atomic E-state index is 0.0703. The van der Waals surface area contributed by atoms with E-state index in [0.717, 1.165) is 37.1 Å². The second-order valence-electron chi connectivity index (χ2n) is 12.5. The topological polar surface area (TPSA) is 91.0 Å². The molecule has 4 heterocycles. The number of hydrogen-bond donors (Lipinski definition) is 2. The number of hydrogen-bond acceptors (Lipinski definition) is 4. The summed E-state index contributed by atoms with van der Waals surface area (Å²) in [7, 11) is 0. The first-order valence-corrected chi connectivity index (χ1v) is 16.5. The SMILES string of the molecule is C#Cc1ccc(OC2CCN(C(=O)N3CCCC3)CC2)c([C@H]2NC(=O)C[C@@H](c3cccc(Cl)c3)C23C(=O)Nc2cc(Cl)ccc23)c1. The predicted molar refractivity (Wildman–Crippen MR) is 177 cm³/mol. The lowest BCUT2D eigenvalue weighted by Crippen LogP contribution is -2.57. The van der Waals surface area contributed by atoms with Crippen LogP contribution in [0.5, 0.6) is 5.75 Å². The Morgan fingerprint density at radius 1 is 0.935 bits per heavy atom. The lowest BCUT2D eigenvalue weighted by Gasteiger charge is -2.47. The number of nitrogens with one attached hydrogen (secondary N) is 2. The fourth-order valence-corrected chi connectivity index (χ4v) is 8.06. The third-order valence-corrected chi connectivity index (χ3v) is 10.3. The molecular formula is C36H34Cl2N4O4. The quantitative estimate of drug-likeness (QED) is 0.324. The Morgan fingerprint density at radius 3 is 2.41 bits per heavy atom. The second-order valence-corrected chi connectivity index (χ2v) is 13.4. The Labute approximate surface area is 278 Å². The molecule has 3 atom stereocenters. The predicted octanol–water partition coefficient (Wildman–Crippen LogP) is 6.27. The van der Waals surface area contributed by atoms with E-state index in [0.29, 0.717) is 58.5 Å². The summed E-state index contributed by atoms with van der Waals surface area (Å²) in [4.78, 5) is 44.9. The van der Waals surface area contributed by atoms with Gasteiger partial charge in [-0.2, -0.15) is 0 Å². The number of ether oxygens (including phenoxy) is 1. The summed E-state index contributed by atoms with van der Waals surface area (Å²) >= 11 is 12.8. The highest BCUT2D eigenvalue weighted by molar-refractivity contribution is 6.31. The van der Waals surface area contributed by atoms with E-state index in [1.54, 1.807) is 24.3 Å². The van der Waals surface area contributed by atoms with Crippen LogP contribution in [-0.4, -0.2) is 59.9 Å². The molecule has 4 amide bonds. The van der Waals surface area contributed by atoms with Crippen LogP contribution < -0.4 is 15.4 Å².